The normalized spacial score (nSPS) is 9.46. The Kier molecular flexibility index (Phi) is 18.5. The van der Waals surface area contributed by atoms with E-state index in [1.165, 1.54) is 14.0 Å². The zero-order valence-corrected chi connectivity index (χ0v) is 16.6. The van der Waals surface area contributed by atoms with Crippen LogP contribution < -0.4 is 5.73 Å². The lowest BCUT2D eigenvalue weighted by Gasteiger charge is -2.26. The largest absolute Gasteiger partial charge is 0.396 e. The van der Waals surface area contributed by atoms with Gasteiger partial charge in [-0.05, 0) is 40.7 Å². The van der Waals surface area contributed by atoms with Gasteiger partial charge >= 0.3 is 5.97 Å². The number of hydroxylamine groups is 2. The molecule has 0 rings (SSSR count). The highest BCUT2D eigenvalue weighted by molar-refractivity contribution is 5.79. The Hall–Kier alpha value is -1.58. The standard InChI is InChI=1S/C11H21NO4.C6H10.CH5N/c1-5-7-12(9(2)14)16-10(15)11(3,4)6-8-13;1-4-5-6(2)3;1-2/h13H,5-8H2,1-4H3;6H,1-3H3;2H2,1H3. The van der Waals surface area contributed by atoms with E-state index in [9.17, 15) is 9.59 Å². The topological polar surface area (TPSA) is 92.9 Å². The molecule has 0 aliphatic carbocycles. The molecule has 0 aromatic carbocycles. The summed E-state index contributed by atoms with van der Waals surface area (Å²) in [5.41, 5.74) is 3.72. The molecule has 0 radical (unpaired) electrons. The minimum atomic E-state index is -0.782. The van der Waals surface area contributed by atoms with Gasteiger partial charge in [-0.25, -0.2) is 4.79 Å². The van der Waals surface area contributed by atoms with E-state index in [0.29, 0.717) is 25.3 Å². The molecular formula is C18H36N2O4. The number of hydrogen-bond acceptors (Lipinski definition) is 5. The predicted octanol–water partition coefficient (Wildman–Crippen LogP) is 2.35. The molecule has 6 nitrogen and oxygen atoms in total. The number of aliphatic hydroxyl groups is 1. The highest BCUT2D eigenvalue weighted by Gasteiger charge is 2.31. The van der Waals surface area contributed by atoms with Gasteiger partial charge in [-0.2, -0.15) is 5.06 Å². The highest BCUT2D eigenvalue weighted by atomic mass is 16.7. The third-order valence-corrected chi connectivity index (χ3v) is 2.69. The molecular weight excluding hydrogens is 308 g/mol. The summed E-state index contributed by atoms with van der Waals surface area (Å²) < 4.78 is 0. The van der Waals surface area contributed by atoms with Gasteiger partial charge in [0.2, 0.25) is 0 Å². The molecule has 0 saturated heterocycles. The van der Waals surface area contributed by atoms with E-state index in [1.54, 1.807) is 13.8 Å². The zero-order chi connectivity index (χ0) is 19.8. The Morgan fingerprint density at radius 1 is 1.29 bits per heavy atom. The van der Waals surface area contributed by atoms with E-state index >= 15 is 0 Å². The Morgan fingerprint density at radius 3 is 2.04 bits per heavy atom. The van der Waals surface area contributed by atoms with Crippen LogP contribution in [0.25, 0.3) is 0 Å². The number of carbonyl (C=O) groups excluding carboxylic acids is 2. The number of hydrogen-bond donors (Lipinski definition) is 2. The minimum absolute atomic E-state index is 0.0874. The van der Waals surface area contributed by atoms with Gasteiger partial charge in [0.25, 0.3) is 5.91 Å². The second kappa shape index (κ2) is 16.3. The molecule has 3 N–H and O–H groups in total. The number of rotatable bonds is 5. The number of aliphatic hydroxyl groups excluding tert-OH is 1. The number of nitrogens with zero attached hydrogens (tertiary/aromatic N) is 1. The first kappa shape index (κ1) is 27.3. The van der Waals surface area contributed by atoms with E-state index in [0.717, 1.165) is 5.06 Å². The van der Waals surface area contributed by atoms with Gasteiger partial charge in [-0.1, -0.05) is 20.8 Å². The zero-order valence-electron chi connectivity index (χ0n) is 16.6. The Morgan fingerprint density at radius 2 is 1.79 bits per heavy atom. The lowest BCUT2D eigenvalue weighted by Crippen LogP contribution is -2.38. The molecule has 0 heterocycles. The third-order valence-electron chi connectivity index (χ3n) is 2.69. The van der Waals surface area contributed by atoms with Crippen LogP contribution in [0.15, 0.2) is 0 Å². The van der Waals surface area contributed by atoms with Crippen molar-refractivity contribution >= 4 is 11.9 Å². The van der Waals surface area contributed by atoms with E-state index in [4.69, 9.17) is 9.94 Å². The first-order chi connectivity index (χ1) is 11.1. The minimum Gasteiger partial charge on any atom is -0.396 e. The SMILES string of the molecule is CC#CC(C)C.CCCN(OC(=O)C(C)(C)CCO)C(C)=O.CN. The van der Waals surface area contributed by atoms with Crippen LogP contribution in [0.3, 0.4) is 0 Å². The average Bonchev–Trinajstić information content (AvgIpc) is 2.49. The highest BCUT2D eigenvalue weighted by Crippen LogP contribution is 2.22. The van der Waals surface area contributed by atoms with Crippen molar-refractivity contribution in [1.82, 2.24) is 5.06 Å². The second-order valence-corrected chi connectivity index (χ2v) is 5.91. The molecule has 6 heteroatoms. The molecule has 24 heavy (non-hydrogen) atoms. The first-order valence-corrected chi connectivity index (χ1v) is 8.23. The summed E-state index contributed by atoms with van der Waals surface area (Å²) in [5, 5.41) is 9.87. The lowest BCUT2D eigenvalue weighted by atomic mass is 9.90. The van der Waals surface area contributed by atoms with Crippen LogP contribution in [-0.4, -0.2) is 42.2 Å². The summed E-state index contributed by atoms with van der Waals surface area (Å²) in [6.07, 6.45) is 1.02. The van der Waals surface area contributed by atoms with Crippen molar-refractivity contribution < 1.29 is 19.5 Å². The molecule has 0 saturated carbocycles. The van der Waals surface area contributed by atoms with Crippen molar-refractivity contribution in [2.45, 2.75) is 61.3 Å². The first-order valence-electron chi connectivity index (χ1n) is 8.23. The molecule has 142 valence electrons. The Balaban J connectivity index is -0.000000462. The van der Waals surface area contributed by atoms with E-state index < -0.39 is 11.4 Å². The molecule has 0 aliphatic heterocycles. The molecule has 1 amide bonds. The maximum absolute atomic E-state index is 11.7. The molecule has 0 bridgehead atoms. The van der Waals surface area contributed by atoms with Gasteiger partial charge in [-0.15, -0.1) is 11.8 Å². The molecule has 0 unspecified atom stereocenters. The third kappa shape index (κ3) is 15.3. The Labute approximate surface area is 147 Å². The summed E-state index contributed by atoms with van der Waals surface area (Å²) in [6, 6.07) is 0. The van der Waals surface area contributed by atoms with Crippen LogP contribution in [0.4, 0.5) is 0 Å². The number of nitrogens with two attached hydrogens (primary N) is 1. The molecule has 0 fully saturated rings. The fourth-order valence-corrected chi connectivity index (χ4v) is 1.36. The van der Waals surface area contributed by atoms with Gasteiger partial charge in [0.15, 0.2) is 0 Å². The smallest absolute Gasteiger partial charge is 0.338 e. The van der Waals surface area contributed by atoms with E-state index in [2.05, 4.69) is 31.4 Å². The monoisotopic (exact) mass is 344 g/mol. The van der Waals surface area contributed by atoms with Crippen molar-refractivity contribution in [3.05, 3.63) is 0 Å². The summed E-state index contributed by atoms with van der Waals surface area (Å²) >= 11 is 0. The maximum Gasteiger partial charge on any atom is 0.338 e. The molecule has 0 aromatic rings. The Bertz CT molecular complexity index is 396. The van der Waals surface area contributed by atoms with Crippen molar-refractivity contribution in [2.24, 2.45) is 17.1 Å². The number of amides is 1. The fraction of sp³-hybridized carbons (Fsp3) is 0.778. The van der Waals surface area contributed by atoms with Gasteiger partial charge in [0.05, 0.1) is 12.0 Å². The lowest BCUT2D eigenvalue weighted by molar-refractivity contribution is -0.205. The summed E-state index contributed by atoms with van der Waals surface area (Å²) in [7, 11) is 1.50. The number of carbonyl (C=O) groups is 2. The van der Waals surface area contributed by atoms with Gasteiger partial charge in [-0.3, -0.25) is 4.79 Å². The van der Waals surface area contributed by atoms with E-state index in [1.807, 2.05) is 13.8 Å². The van der Waals surface area contributed by atoms with Crippen molar-refractivity contribution in [1.29, 1.82) is 0 Å². The molecule has 0 aromatic heterocycles. The average molecular weight is 344 g/mol. The van der Waals surface area contributed by atoms with Crippen molar-refractivity contribution in [2.75, 3.05) is 20.2 Å². The van der Waals surface area contributed by atoms with Crippen LogP contribution >= 0.6 is 0 Å². The fourth-order valence-electron chi connectivity index (χ4n) is 1.36. The van der Waals surface area contributed by atoms with Crippen LogP contribution in [0.5, 0.6) is 0 Å². The molecule has 0 aliphatic rings. The quantitative estimate of drug-likeness (QED) is 0.590. The van der Waals surface area contributed by atoms with E-state index in [-0.39, 0.29) is 12.5 Å². The summed E-state index contributed by atoms with van der Waals surface area (Å²) in [5.74, 6) is 5.52. The molecule has 0 spiro atoms. The second-order valence-electron chi connectivity index (χ2n) is 5.91. The maximum atomic E-state index is 11.7. The van der Waals surface area contributed by atoms with Gasteiger partial charge in [0, 0.05) is 19.4 Å². The van der Waals surface area contributed by atoms with Crippen LogP contribution in [0.1, 0.15) is 61.3 Å². The van der Waals surface area contributed by atoms with Crippen molar-refractivity contribution in [3.8, 4) is 11.8 Å². The summed E-state index contributed by atoms with van der Waals surface area (Å²) in [6.45, 7) is 12.9. The van der Waals surface area contributed by atoms with Gasteiger partial charge in [0.1, 0.15) is 0 Å². The van der Waals surface area contributed by atoms with Crippen LogP contribution in [0, 0.1) is 23.2 Å². The van der Waals surface area contributed by atoms with Crippen LogP contribution in [0.2, 0.25) is 0 Å². The van der Waals surface area contributed by atoms with Gasteiger partial charge < -0.3 is 15.7 Å². The van der Waals surface area contributed by atoms with Crippen molar-refractivity contribution in [3.63, 3.8) is 0 Å². The molecule has 0 atom stereocenters. The van der Waals surface area contributed by atoms with Crippen LogP contribution in [-0.2, 0) is 14.4 Å². The summed E-state index contributed by atoms with van der Waals surface area (Å²) in [4.78, 5) is 27.9. The predicted molar refractivity (Wildman–Crippen MR) is 97.7 cm³/mol.